The molecule has 15 heavy (non-hydrogen) atoms. The van der Waals surface area contributed by atoms with Gasteiger partial charge in [-0.2, -0.15) is 0 Å². The molecule has 0 saturated carbocycles. The third kappa shape index (κ3) is 2.26. The quantitative estimate of drug-likeness (QED) is 0.789. The number of aryl methyl sites for hydroxylation is 1. The van der Waals surface area contributed by atoms with Gasteiger partial charge in [0.2, 0.25) is 0 Å². The molecular weight excluding hydrogens is 220 g/mol. The summed E-state index contributed by atoms with van der Waals surface area (Å²) in [5.41, 5.74) is 1.92. The molecule has 2 aromatic rings. The van der Waals surface area contributed by atoms with E-state index in [1.165, 1.54) is 0 Å². The van der Waals surface area contributed by atoms with Crippen molar-refractivity contribution in [2.45, 2.75) is 0 Å². The number of nitrogens with zero attached hydrogens (tertiary/aromatic N) is 2. The molecule has 82 valence electrons. The van der Waals surface area contributed by atoms with Crippen molar-refractivity contribution in [3.05, 3.63) is 30.1 Å². The summed E-state index contributed by atoms with van der Waals surface area (Å²) in [6.07, 6.45) is 1.66. The molecule has 0 bridgehead atoms. The Morgan fingerprint density at radius 3 is 2.73 bits per heavy atom. The topological polar surface area (TPSA) is 86.6 Å². The van der Waals surface area contributed by atoms with Crippen molar-refractivity contribution in [1.29, 1.82) is 0 Å². The Morgan fingerprint density at radius 2 is 2.13 bits per heavy atom. The largest absolute Gasteiger partial charge is 0.478 e. The van der Waals surface area contributed by atoms with E-state index in [0.29, 0.717) is 5.52 Å². The number of hydrogen-bond acceptors (Lipinski definition) is 2. The number of fused-ring (bicyclic) bond motifs is 1. The zero-order valence-corrected chi connectivity index (χ0v) is 8.78. The van der Waals surface area contributed by atoms with Crippen LogP contribution in [0.4, 0.5) is 0 Å². The molecule has 5 nitrogen and oxygen atoms in total. The molecule has 0 aliphatic heterocycles. The molecule has 0 aliphatic rings. The second-order valence-corrected chi connectivity index (χ2v) is 2.86. The maximum atomic E-state index is 10.6. The Hall–Kier alpha value is -1.59. The van der Waals surface area contributed by atoms with Crippen LogP contribution in [0.1, 0.15) is 10.4 Å². The van der Waals surface area contributed by atoms with Crippen LogP contribution in [0.2, 0.25) is 0 Å². The number of benzene rings is 1. The number of carboxylic acids is 1. The fourth-order valence-electron chi connectivity index (χ4n) is 1.27. The molecule has 1 aromatic heterocycles. The molecule has 0 saturated heterocycles. The Kier molecular flexibility index (Phi) is 4.26. The molecule has 0 amide bonds. The van der Waals surface area contributed by atoms with Crippen LogP contribution >= 0.6 is 12.4 Å². The second kappa shape index (κ2) is 4.77. The Morgan fingerprint density at radius 1 is 1.47 bits per heavy atom. The lowest BCUT2D eigenvalue weighted by Gasteiger charge is -1.95. The lowest BCUT2D eigenvalue weighted by atomic mass is 10.2. The smallest absolute Gasteiger partial charge is 0.335 e. The summed E-state index contributed by atoms with van der Waals surface area (Å²) in [5, 5.41) is 8.72. The number of imidazole rings is 1. The third-order valence-corrected chi connectivity index (χ3v) is 1.97. The fourth-order valence-corrected chi connectivity index (χ4v) is 1.27. The van der Waals surface area contributed by atoms with E-state index in [4.69, 9.17) is 5.11 Å². The molecule has 1 aromatic carbocycles. The molecular formula is C9H11ClN2O3. The Labute approximate surface area is 92.1 Å². The van der Waals surface area contributed by atoms with Crippen LogP contribution in [-0.2, 0) is 7.05 Å². The monoisotopic (exact) mass is 230 g/mol. The summed E-state index contributed by atoms with van der Waals surface area (Å²) in [6.45, 7) is 0. The van der Waals surface area contributed by atoms with Crippen molar-refractivity contribution in [2.24, 2.45) is 7.05 Å². The van der Waals surface area contributed by atoms with Crippen LogP contribution in [0.5, 0.6) is 0 Å². The zero-order valence-electron chi connectivity index (χ0n) is 7.97. The maximum absolute atomic E-state index is 10.6. The lowest BCUT2D eigenvalue weighted by molar-refractivity contribution is 0.0697. The first-order chi connectivity index (χ1) is 6.18. The van der Waals surface area contributed by atoms with E-state index in [-0.39, 0.29) is 23.4 Å². The van der Waals surface area contributed by atoms with Crippen molar-refractivity contribution >= 4 is 29.4 Å². The summed E-state index contributed by atoms with van der Waals surface area (Å²) >= 11 is 0. The summed E-state index contributed by atoms with van der Waals surface area (Å²) in [4.78, 5) is 14.7. The van der Waals surface area contributed by atoms with Crippen LogP contribution in [0, 0.1) is 0 Å². The highest BCUT2D eigenvalue weighted by molar-refractivity contribution is 5.92. The molecule has 2 rings (SSSR count). The fraction of sp³-hybridized carbons (Fsp3) is 0.111. The molecule has 3 N–H and O–H groups in total. The van der Waals surface area contributed by atoms with Crippen LogP contribution in [0.15, 0.2) is 24.5 Å². The Balaban J connectivity index is 0.000000980. The van der Waals surface area contributed by atoms with Gasteiger partial charge in [-0.1, -0.05) is 0 Å². The highest BCUT2D eigenvalue weighted by atomic mass is 35.5. The molecule has 0 radical (unpaired) electrons. The van der Waals surface area contributed by atoms with Gasteiger partial charge in [-0.3, -0.25) is 0 Å². The van der Waals surface area contributed by atoms with Crippen LogP contribution < -0.4 is 0 Å². The van der Waals surface area contributed by atoms with Crippen LogP contribution in [0.25, 0.3) is 11.0 Å². The van der Waals surface area contributed by atoms with Gasteiger partial charge in [0, 0.05) is 7.05 Å². The van der Waals surface area contributed by atoms with Gasteiger partial charge >= 0.3 is 5.97 Å². The maximum Gasteiger partial charge on any atom is 0.335 e. The van der Waals surface area contributed by atoms with E-state index >= 15 is 0 Å². The lowest BCUT2D eigenvalue weighted by Crippen LogP contribution is -1.95. The average Bonchev–Trinajstić information content (AvgIpc) is 2.47. The SMILES string of the molecule is Cl.Cn1cnc2cc(C(=O)O)ccc21.O. The van der Waals surface area contributed by atoms with Gasteiger partial charge in [0.15, 0.2) is 0 Å². The summed E-state index contributed by atoms with van der Waals surface area (Å²) in [7, 11) is 1.87. The molecule has 0 fully saturated rings. The van der Waals surface area contributed by atoms with Crippen LogP contribution in [-0.4, -0.2) is 26.1 Å². The first-order valence-electron chi connectivity index (χ1n) is 3.83. The number of aromatic carboxylic acids is 1. The van der Waals surface area contributed by atoms with Gasteiger partial charge in [0.05, 0.1) is 22.9 Å². The van der Waals surface area contributed by atoms with Crippen molar-refractivity contribution in [3.63, 3.8) is 0 Å². The molecule has 6 heteroatoms. The molecule has 0 unspecified atom stereocenters. The van der Waals surface area contributed by atoms with E-state index in [1.54, 1.807) is 24.5 Å². The van der Waals surface area contributed by atoms with Gasteiger partial charge in [-0.05, 0) is 18.2 Å². The number of carbonyl (C=O) groups is 1. The van der Waals surface area contributed by atoms with E-state index in [1.807, 2.05) is 11.6 Å². The highest BCUT2D eigenvalue weighted by Crippen LogP contribution is 2.13. The first-order valence-corrected chi connectivity index (χ1v) is 3.83. The van der Waals surface area contributed by atoms with E-state index in [9.17, 15) is 4.79 Å². The number of carboxylic acid groups (broad SMARTS) is 1. The third-order valence-electron chi connectivity index (χ3n) is 1.97. The first kappa shape index (κ1) is 13.4. The van der Waals surface area contributed by atoms with Gasteiger partial charge in [0.1, 0.15) is 0 Å². The molecule has 1 heterocycles. The van der Waals surface area contributed by atoms with Gasteiger partial charge in [-0.25, -0.2) is 9.78 Å². The summed E-state index contributed by atoms with van der Waals surface area (Å²) < 4.78 is 1.85. The van der Waals surface area contributed by atoms with Crippen molar-refractivity contribution in [1.82, 2.24) is 9.55 Å². The van der Waals surface area contributed by atoms with Crippen molar-refractivity contribution in [2.75, 3.05) is 0 Å². The Bertz CT molecular complexity index is 481. The van der Waals surface area contributed by atoms with Crippen LogP contribution in [0.3, 0.4) is 0 Å². The van der Waals surface area contributed by atoms with E-state index in [2.05, 4.69) is 4.98 Å². The highest BCUT2D eigenvalue weighted by Gasteiger charge is 2.05. The second-order valence-electron chi connectivity index (χ2n) is 2.86. The normalized spacial score (nSPS) is 9.13. The average molecular weight is 231 g/mol. The molecule has 0 aliphatic carbocycles. The van der Waals surface area contributed by atoms with Gasteiger partial charge in [-0.15, -0.1) is 12.4 Å². The minimum atomic E-state index is -0.924. The summed E-state index contributed by atoms with van der Waals surface area (Å²) in [6, 6.07) is 4.90. The van der Waals surface area contributed by atoms with Gasteiger partial charge < -0.3 is 15.1 Å². The van der Waals surface area contributed by atoms with E-state index in [0.717, 1.165) is 5.52 Å². The zero-order chi connectivity index (χ0) is 9.42. The standard InChI is InChI=1S/C9H8N2O2.ClH.H2O/c1-11-5-10-7-4-6(9(12)13)2-3-8(7)11;;/h2-5H,1H3,(H,12,13);1H;1H2. The summed E-state index contributed by atoms with van der Waals surface area (Å²) in [5.74, 6) is -0.924. The predicted octanol–water partition coefficient (Wildman–Crippen LogP) is 0.869. The number of rotatable bonds is 1. The molecule has 0 atom stereocenters. The van der Waals surface area contributed by atoms with Gasteiger partial charge in [0.25, 0.3) is 0 Å². The number of aromatic nitrogens is 2. The predicted molar refractivity (Wildman–Crippen MR) is 58.5 cm³/mol. The minimum absolute atomic E-state index is 0. The number of hydrogen-bond donors (Lipinski definition) is 1. The van der Waals surface area contributed by atoms with Crippen molar-refractivity contribution in [3.8, 4) is 0 Å². The van der Waals surface area contributed by atoms with Crippen molar-refractivity contribution < 1.29 is 15.4 Å². The number of halogens is 1. The minimum Gasteiger partial charge on any atom is -0.478 e. The van der Waals surface area contributed by atoms with E-state index < -0.39 is 5.97 Å². The molecule has 0 spiro atoms.